The highest BCUT2D eigenvalue weighted by Crippen LogP contribution is 2.21. The van der Waals surface area contributed by atoms with Gasteiger partial charge < -0.3 is 9.63 Å². The number of carboxylic acids is 1. The van der Waals surface area contributed by atoms with Gasteiger partial charge >= 0.3 is 5.97 Å². The van der Waals surface area contributed by atoms with Crippen LogP contribution >= 0.6 is 15.9 Å². The van der Waals surface area contributed by atoms with Gasteiger partial charge in [0.05, 0.1) is 16.6 Å². The van der Waals surface area contributed by atoms with Crippen LogP contribution in [0.1, 0.15) is 17.9 Å². The van der Waals surface area contributed by atoms with Gasteiger partial charge in [0.15, 0.2) is 5.76 Å². The predicted molar refractivity (Wildman–Crippen MR) is 44.9 cm³/mol. The maximum absolute atomic E-state index is 10.2. The van der Waals surface area contributed by atoms with E-state index in [1.165, 1.54) is 0 Å². The molecule has 0 aliphatic rings. The summed E-state index contributed by atoms with van der Waals surface area (Å²) in [4.78, 5) is 10.2. The van der Waals surface area contributed by atoms with Crippen molar-refractivity contribution in [2.75, 3.05) is 0 Å². The molecule has 1 aromatic rings. The maximum atomic E-state index is 10.2. The lowest BCUT2D eigenvalue weighted by Crippen LogP contribution is -1.96. The molecule has 1 rings (SSSR count). The van der Waals surface area contributed by atoms with Crippen molar-refractivity contribution in [2.24, 2.45) is 0 Å². The maximum Gasteiger partial charge on any atom is 0.303 e. The van der Waals surface area contributed by atoms with Crippen molar-refractivity contribution in [3.05, 3.63) is 15.9 Å². The van der Waals surface area contributed by atoms with Crippen LogP contribution in [0.25, 0.3) is 0 Å². The molecule has 0 spiro atoms. The van der Waals surface area contributed by atoms with Crippen LogP contribution in [0.5, 0.6) is 0 Å². The molecule has 4 nitrogen and oxygen atoms in total. The first-order valence-electron chi connectivity index (χ1n) is 3.43. The van der Waals surface area contributed by atoms with Gasteiger partial charge in [0.25, 0.3) is 0 Å². The molecule has 0 fully saturated rings. The van der Waals surface area contributed by atoms with Crippen LogP contribution < -0.4 is 0 Å². The molecule has 0 saturated heterocycles. The Balaban J connectivity index is 2.63. The van der Waals surface area contributed by atoms with Gasteiger partial charge in [-0.25, -0.2) is 0 Å². The smallest absolute Gasteiger partial charge is 0.303 e. The highest BCUT2D eigenvalue weighted by molar-refractivity contribution is 9.10. The zero-order valence-corrected chi connectivity index (χ0v) is 8.09. The van der Waals surface area contributed by atoms with Gasteiger partial charge in [-0.15, -0.1) is 0 Å². The average molecular weight is 234 g/mol. The number of carbonyl (C=O) groups is 1. The van der Waals surface area contributed by atoms with E-state index < -0.39 is 5.97 Å². The van der Waals surface area contributed by atoms with Gasteiger partial charge in [-0.3, -0.25) is 4.79 Å². The van der Waals surface area contributed by atoms with Crippen LogP contribution in [0.4, 0.5) is 0 Å². The van der Waals surface area contributed by atoms with Gasteiger partial charge in [0.2, 0.25) is 0 Å². The molecule has 0 unspecified atom stereocenters. The largest absolute Gasteiger partial charge is 0.481 e. The molecule has 12 heavy (non-hydrogen) atoms. The number of hydrogen-bond acceptors (Lipinski definition) is 3. The van der Waals surface area contributed by atoms with Crippen molar-refractivity contribution in [1.82, 2.24) is 5.16 Å². The topological polar surface area (TPSA) is 63.3 Å². The van der Waals surface area contributed by atoms with Gasteiger partial charge in [0.1, 0.15) is 0 Å². The summed E-state index contributed by atoms with van der Waals surface area (Å²) in [7, 11) is 0. The number of aromatic nitrogens is 1. The standard InChI is InChI=1S/C7H8BrNO3/c1-4-7(8)5(12-9-4)2-3-6(10)11/h2-3H2,1H3,(H,10,11). The second-order valence-electron chi connectivity index (χ2n) is 2.40. The van der Waals surface area contributed by atoms with Crippen molar-refractivity contribution < 1.29 is 14.4 Å². The molecule has 1 N–H and O–H groups in total. The molecule has 0 aliphatic heterocycles. The molecule has 1 aromatic heterocycles. The minimum atomic E-state index is -0.837. The second kappa shape index (κ2) is 3.71. The molecule has 0 bridgehead atoms. The third-order valence-electron chi connectivity index (χ3n) is 1.42. The summed E-state index contributed by atoms with van der Waals surface area (Å²) in [6.45, 7) is 1.79. The monoisotopic (exact) mass is 233 g/mol. The van der Waals surface area contributed by atoms with Crippen LogP contribution in [-0.2, 0) is 11.2 Å². The van der Waals surface area contributed by atoms with E-state index in [0.29, 0.717) is 12.2 Å². The number of halogens is 1. The minimum absolute atomic E-state index is 0.0627. The average Bonchev–Trinajstić information content (AvgIpc) is 2.30. The second-order valence-corrected chi connectivity index (χ2v) is 3.19. The van der Waals surface area contributed by atoms with Crippen LogP contribution in [0, 0.1) is 6.92 Å². The molecule has 5 heteroatoms. The Hall–Kier alpha value is -0.840. The quantitative estimate of drug-likeness (QED) is 0.865. The van der Waals surface area contributed by atoms with Crippen LogP contribution in [-0.4, -0.2) is 16.2 Å². The number of aryl methyl sites for hydroxylation is 2. The Bertz CT molecular complexity index is 295. The molecular formula is C7H8BrNO3. The van der Waals surface area contributed by atoms with Crippen molar-refractivity contribution in [1.29, 1.82) is 0 Å². The molecule has 0 radical (unpaired) electrons. The van der Waals surface area contributed by atoms with E-state index in [1.54, 1.807) is 6.92 Å². The Labute approximate surface area is 77.7 Å². The lowest BCUT2D eigenvalue weighted by molar-refractivity contribution is -0.137. The zero-order chi connectivity index (χ0) is 9.14. The van der Waals surface area contributed by atoms with Gasteiger partial charge in [-0.1, -0.05) is 5.16 Å². The van der Waals surface area contributed by atoms with E-state index in [1.807, 2.05) is 0 Å². The molecular weight excluding hydrogens is 226 g/mol. The SMILES string of the molecule is Cc1noc(CCC(=O)O)c1Br. The Morgan fingerprint density at radius 2 is 2.42 bits per heavy atom. The summed E-state index contributed by atoms with van der Waals surface area (Å²) >= 11 is 3.25. The normalized spacial score (nSPS) is 10.2. The highest BCUT2D eigenvalue weighted by Gasteiger charge is 2.10. The third-order valence-corrected chi connectivity index (χ3v) is 2.44. The molecule has 0 atom stereocenters. The number of nitrogens with zero attached hydrogens (tertiary/aromatic N) is 1. The zero-order valence-electron chi connectivity index (χ0n) is 6.50. The first-order valence-corrected chi connectivity index (χ1v) is 4.23. The predicted octanol–water partition coefficient (Wildman–Crippen LogP) is 1.76. The van der Waals surface area contributed by atoms with Crippen molar-refractivity contribution in [3.63, 3.8) is 0 Å². The van der Waals surface area contributed by atoms with Gasteiger partial charge in [0, 0.05) is 6.42 Å². The number of aliphatic carboxylic acids is 1. The van der Waals surface area contributed by atoms with Gasteiger partial charge in [-0.2, -0.15) is 0 Å². The van der Waals surface area contributed by atoms with E-state index in [-0.39, 0.29) is 6.42 Å². The van der Waals surface area contributed by atoms with Crippen LogP contribution in [0.2, 0.25) is 0 Å². The van der Waals surface area contributed by atoms with Gasteiger partial charge in [-0.05, 0) is 22.9 Å². The Morgan fingerprint density at radius 3 is 2.83 bits per heavy atom. The molecule has 1 heterocycles. The van der Waals surface area contributed by atoms with E-state index >= 15 is 0 Å². The number of hydrogen-bond donors (Lipinski definition) is 1. The lowest BCUT2D eigenvalue weighted by Gasteiger charge is -1.91. The van der Waals surface area contributed by atoms with E-state index in [9.17, 15) is 4.79 Å². The summed E-state index contributed by atoms with van der Waals surface area (Å²) in [5.41, 5.74) is 0.746. The minimum Gasteiger partial charge on any atom is -0.481 e. The Kier molecular flexibility index (Phi) is 2.86. The highest BCUT2D eigenvalue weighted by atomic mass is 79.9. The summed E-state index contributed by atoms with van der Waals surface area (Å²) in [6.07, 6.45) is 0.435. The fraction of sp³-hybridized carbons (Fsp3) is 0.429. The lowest BCUT2D eigenvalue weighted by atomic mass is 10.2. The molecule has 0 aliphatic carbocycles. The first-order chi connectivity index (χ1) is 5.61. The summed E-state index contributed by atoms with van der Waals surface area (Å²) in [6, 6.07) is 0. The molecule has 0 amide bonds. The van der Waals surface area contributed by atoms with E-state index in [2.05, 4.69) is 21.1 Å². The molecule has 0 aromatic carbocycles. The van der Waals surface area contributed by atoms with E-state index in [0.717, 1.165) is 10.2 Å². The number of carboxylic acid groups (broad SMARTS) is 1. The van der Waals surface area contributed by atoms with Crippen molar-refractivity contribution >= 4 is 21.9 Å². The third kappa shape index (κ3) is 2.07. The van der Waals surface area contributed by atoms with Crippen molar-refractivity contribution in [2.45, 2.75) is 19.8 Å². The molecule has 66 valence electrons. The fourth-order valence-electron chi connectivity index (χ4n) is 0.781. The van der Waals surface area contributed by atoms with Crippen LogP contribution in [0.3, 0.4) is 0 Å². The Morgan fingerprint density at radius 1 is 1.75 bits per heavy atom. The van der Waals surface area contributed by atoms with E-state index in [4.69, 9.17) is 9.63 Å². The summed E-state index contributed by atoms with van der Waals surface area (Å²) in [5.74, 6) is -0.245. The van der Waals surface area contributed by atoms with Crippen LogP contribution in [0.15, 0.2) is 9.00 Å². The number of rotatable bonds is 3. The van der Waals surface area contributed by atoms with Crippen molar-refractivity contribution in [3.8, 4) is 0 Å². The summed E-state index contributed by atoms with van der Waals surface area (Å²) in [5, 5.41) is 12.1. The molecule has 0 saturated carbocycles. The first kappa shape index (κ1) is 9.25. The summed E-state index contributed by atoms with van der Waals surface area (Å²) < 4.78 is 5.65. The fourth-order valence-corrected chi connectivity index (χ4v) is 1.12.